The van der Waals surface area contributed by atoms with Crippen LogP contribution < -0.4 is 0 Å². The number of thioether (sulfide) groups is 1. The Morgan fingerprint density at radius 1 is 1.40 bits per heavy atom. The molecule has 0 aliphatic carbocycles. The zero-order chi connectivity index (χ0) is 15.0. The van der Waals surface area contributed by atoms with Crippen LogP contribution in [0.15, 0.2) is 17.0 Å². The highest BCUT2D eigenvalue weighted by Crippen LogP contribution is 2.37. The molecule has 1 aliphatic rings. The lowest BCUT2D eigenvalue weighted by Crippen LogP contribution is -2.34. The molecule has 0 unspecified atom stereocenters. The van der Waals surface area contributed by atoms with Crippen molar-refractivity contribution in [3.8, 4) is 5.75 Å². The largest absolute Gasteiger partial charge is 0.506 e. The average Bonchev–Trinajstić information content (AvgIpc) is 2.60. The molecule has 1 aromatic rings. The Morgan fingerprint density at radius 3 is 2.60 bits per heavy atom. The van der Waals surface area contributed by atoms with Crippen LogP contribution in [0.25, 0.3) is 6.08 Å². The van der Waals surface area contributed by atoms with Crippen LogP contribution in [0.5, 0.6) is 5.75 Å². The van der Waals surface area contributed by atoms with E-state index in [0.717, 1.165) is 0 Å². The van der Waals surface area contributed by atoms with Crippen LogP contribution in [0.2, 0.25) is 10.0 Å². The van der Waals surface area contributed by atoms with E-state index in [-0.39, 0.29) is 22.7 Å². The number of thiocarbonyl (C=S) groups is 1. The molecule has 1 fully saturated rings. The lowest BCUT2D eigenvalue weighted by Gasteiger charge is -2.18. The molecule has 2 rings (SSSR count). The highest BCUT2D eigenvalue weighted by Gasteiger charge is 2.33. The summed E-state index contributed by atoms with van der Waals surface area (Å²) in [4.78, 5) is 14.2. The Balaban J connectivity index is 2.43. The van der Waals surface area contributed by atoms with Gasteiger partial charge in [0, 0.05) is 16.6 Å². The van der Waals surface area contributed by atoms with E-state index in [1.165, 1.54) is 22.7 Å². The smallest absolute Gasteiger partial charge is 0.266 e. The van der Waals surface area contributed by atoms with Crippen molar-refractivity contribution in [2.75, 3.05) is 0 Å². The molecule has 106 valence electrons. The molecule has 0 radical (unpaired) electrons. The summed E-state index contributed by atoms with van der Waals surface area (Å²) >= 11 is 18.1. The fraction of sp³-hybridized carbons (Fsp3) is 0.231. The number of halogens is 2. The summed E-state index contributed by atoms with van der Waals surface area (Å²) in [5, 5.41) is 10.4. The third kappa shape index (κ3) is 2.96. The third-order valence-electron chi connectivity index (χ3n) is 2.68. The van der Waals surface area contributed by atoms with Crippen LogP contribution in [-0.2, 0) is 4.79 Å². The molecular weight excluding hydrogens is 337 g/mol. The quantitative estimate of drug-likeness (QED) is 0.639. The van der Waals surface area contributed by atoms with Crippen molar-refractivity contribution in [3.05, 3.63) is 32.6 Å². The van der Waals surface area contributed by atoms with Crippen LogP contribution in [-0.4, -0.2) is 26.3 Å². The summed E-state index contributed by atoms with van der Waals surface area (Å²) in [6.07, 6.45) is 1.55. The van der Waals surface area contributed by atoms with Crippen molar-refractivity contribution < 1.29 is 9.90 Å². The molecule has 20 heavy (non-hydrogen) atoms. The summed E-state index contributed by atoms with van der Waals surface area (Å²) in [7, 11) is 0. The summed E-state index contributed by atoms with van der Waals surface area (Å²) in [6, 6.07) is 2.98. The summed E-state index contributed by atoms with van der Waals surface area (Å²) in [5.41, 5.74) is 0.395. The van der Waals surface area contributed by atoms with Crippen LogP contribution >= 0.6 is 47.2 Å². The van der Waals surface area contributed by atoms with E-state index in [1.807, 2.05) is 13.8 Å². The first-order valence-corrected chi connectivity index (χ1v) is 7.74. The monoisotopic (exact) mass is 347 g/mol. The Hall–Kier alpha value is -0.750. The van der Waals surface area contributed by atoms with Crippen molar-refractivity contribution in [3.63, 3.8) is 0 Å². The van der Waals surface area contributed by atoms with Gasteiger partial charge in [-0.3, -0.25) is 9.69 Å². The number of hydrogen-bond acceptors (Lipinski definition) is 4. The summed E-state index contributed by atoms with van der Waals surface area (Å²) in [6.45, 7) is 3.78. The van der Waals surface area contributed by atoms with Crippen LogP contribution in [0, 0.1) is 0 Å². The van der Waals surface area contributed by atoms with Gasteiger partial charge in [0.2, 0.25) is 0 Å². The van der Waals surface area contributed by atoms with E-state index in [1.54, 1.807) is 12.1 Å². The number of nitrogens with zero attached hydrogens (tertiary/aromatic N) is 1. The number of phenols is 1. The molecule has 0 aromatic heterocycles. The molecule has 1 amide bonds. The minimum Gasteiger partial charge on any atom is -0.506 e. The van der Waals surface area contributed by atoms with Crippen molar-refractivity contribution in [1.29, 1.82) is 0 Å². The van der Waals surface area contributed by atoms with E-state index in [9.17, 15) is 9.90 Å². The molecule has 0 atom stereocenters. The zero-order valence-corrected chi connectivity index (χ0v) is 13.8. The lowest BCUT2D eigenvalue weighted by atomic mass is 10.2. The Kier molecular flexibility index (Phi) is 4.64. The summed E-state index contributed by atoms with van der Waals surface area (Å²) in [5.74, 6) is -0.281. The van der Waals surface area contributed by atoms with Crippen molar-refractivity contribution >= 4 is 63.5 Å². The van der Waals surface area contributed by atoms with Gasteiger partial charge in [0.05, 0.1) is 9.93 Å². The number of benzene rings is 1. The molecule has 1 N–H and O–H groups in total. The molecule has 1 aromatic carbocycles. The molecule has 0 spiro atoms. The minimum atomic E-state index is -0.175. The standard InChI is InChI=1S/C13H11Cl2NO2S2/c1-6(2)16-12(18)10(20-13(16)19)4-7-3-8(14)5-9(15)11(7)17/h3-6,17H,1-2H3. The van der Waals surface area contributed by atoms with E-state index in [2.05, 4.69) is 0 Å². The van der Waals surface area contributed by atoms with Crippen LogP contribution in [0.1, 0.15) is 19.4 Å². The Labute approximate surface area is 136 Å². The van der Waals surface area contributed by atoms with Gasteiger partial charge in [-0.15, -0.1) is 0 Å². The number of amides is 1. The summed E-state index contributed by atoms with van der Waals surface area (Å²) < 4.78 is 0.504. The fourth-order valence-corrected chi connectivity index (χ4v) is 3.79. The van der Waals surface area contributed by atoms with Crippen molar-refractivity contribution in [2.45, 2.75) is 19.9 Å². The second-order valence-electron chi connectivity index (χ2n) is 4.47. The Morgan fingerprint density at radius 2 is 2.05 bits per heavy atom. The number of phenolic OH excluding ortho intramolecular Hbond substituents is 1. The second kappa shape index (κ2) is 5.93. The normalized spacial score (nSPS) is 17.6. The van der Waals surface area contributed by atoms with Gasteiger partial charge in [-0.2, -0.15) is 0 Å². The molecule has 3 nitrogen and oxygen atoms in total. The van der Waals surface area contributed by atoms with Crippen molar-refractivity contribution in [1.82, 2.24) is 4.90 Å². The molecular formula is C13H11Cl2NO2S2. The first-order chi connectivity index (χ1) is 9.31. The third-order valence-corrected chi connectivity index (χ3v) is 4.52. The van der Waals surface area contributed by atoms with E-state index in [0.29, 0.717) is 19.8 Å². The zero-order valence-electron chi connectivity index (χ0n) is 10.7. The highest BCUT2D eigenvalue weighted by atomic mass is 35.5. The number of carbonyl (C=O) groups is 1. The van der Waals surface area contributed by atoms with Crippen LogP contribution in [0.3, 0.4) is 0 Å². The second-order valence-corrected chi connectivity index (χ2v) is 6.99. The number of aromatic hydroxyl groups is 1. The van der Waals surface area contributed by atoms with E-state index in [4.69, 9.17) is 35.4 Å². The van der Waals surface area contributed by atoms with Gasteiger partial charge in [0.25, 0.3) is 5.91 Å². The average molecular weight is 348 g/mol. The van der Waals surface area contributed by atoms with Crippen molar-refractivity contribution in [2.24, 2.45) is 0 Å². The van der Waals surface area contributed by atoms with Gasteiger partial charge in [-0.25, -0.2) is 0 Å². The topological polar surface area (TPSA) is 40.5 Å². The predicted octanol–water partition coefficient (Wildman–Crippen LogP) is 4.31. The highest BCUT2D eigenvalue weighted by molar-refractivity contribution is 8.26. The first-order valence-electron chi connectivity index (χ1n) is 5.76. The van der Waals surface area contributed by atoms with Gasteiger partial charge in [-0.05, 0) is 32.1 Å². The minimum absolute atomic E-state index is 0.00931. The molecule has 7 heteroatoms. The lowest BCUT2D eigenvalue weighted by molar-refractivity contribution is -0.123. The maximum absolute atomic E-state index is 12.2. The number of carbonyl (C=O) groups excluding carboxylic acids is 1. The molecule has 0 saturated carbocycles. The van der Waals surface area contributed by atoms with Gasteiger partial charge in [0.15, 0.2) is 0 Å². The Bertz CT molecular complexity index is 629. The first kappa shape index (κ1) is 15.6. The molecule has 1 aliphatic heterocycles. The number of rotatable bonds is 2. The predicted molar refractivity (Wildman–Crippen MR) is 88.3 cm³/mol. The van der Waals surface area contributed by atoms with Crippen LogP contribution in [0.4, 0.5) is 0 Å². The van der Waals surface area contributed by atoms with Gasteiger partial charge < -0.3 is 5.11 Å². The van der Waals surface area contributed by atoms with E-state index < -0.39 is 0 Å². The van der Waals surface area contributed by atoms with Gasteiger partial charge >= 0.3 is 0 Å². The molecule has 0 bridgehead atoms. The van der Waals surface area contributed by atoms with Gasteiger partial charge in [0.1, 0.15) is 10.1 Å². The maximum Gasteiger partial charge on any atom is 0.266 e. The fourth-order valence-electron chi connectivity index (χ4n) is 1.76. The molecule has 1 heterocycles. The maximum atomic E-state index is 12.2. The SMILES string of the molecule is CC(C)N1C(=O)C(=Cc2cc(Cl)cc(Cl)c2O)SC1=S. The molecule has 1 saturated heterocycles. The van der Waals surface area contributed by atoms with Gasteiger partial charge in [-0.1, -0.05) is 47.2 Å². The van der Waals surface area contributed by atoms with E-state index >= 15 is 0 Å². The number of hydrogen-bond donors (Lipinski definition) is 1.